The average Bonchev–Trinajstić information content (AvgIpc) is 3.94. The Balaban J connectivity index is 0.675. The molecule has 2 unspecified atom stereocenters. The number of hydrogen-bond donors (Lipinski definition) is 3. The van der Waals surface area contributed by atoms with E-state index in [4.69, 9.17) is 4.98 Å². The van der Waals surface area contributed by atoms with Crippen molar-refractivity contribution in [1.82, 2.24) is 25.4 Å². The number of pyridine rings is 1. The summed E-state index contributed by atoms with van der Waals surface area (Å²) in [4.78, 5) is 47.0. The predicted molar refractivity (Wildman–Crippen MR) is 255 cm³/mol. The van der Waals surface area contributed by atoms with Gasteiger partial charge < -0.3 is 10.2 Å². The first-order valence-corrected chi connectivity index (χ1v) is 23.3. The molecule has 3 N–H and O–H groups in total. The van der Waals surface area contributed by atoms with Crippen LogP contribution in [0.1, 0.15) is 121 Å². The monoisotopic (exact) mass is 851 g/mol. The van der Waals surface area contributed by atoms with Gasteiger partial charge in [-0.2, -0.15) is 5.10 Å². The molecule has 10 nitrogen and oxygen atoms in total. The van der Waals surface area contributed by atoms with Crippen LogP contribution in [0.3, 0.4) is 0 Å². The number of carbonyl (C=O) groups is 3. The molecule has 10 heteroatoms. The summed E-state index contributed by atoms with van der Waals surface area (Å²) in [6.07, 6.45) is 12.0. The van der Waals surface area contributed by atoms with Crippen LogP contribution in [0, 0.1) is 0 Å². The SMILES string of the molecule is CC1C(CN2CCC(c3ccc(C(=O)C[C@@H](C)c4ccc(C5CCN(c6ccc(NC7CCC(=O)NC7=O)cc6)CC5)cc4)cc3)CC2)=Cc2c(-c3ccc4[nH]ncc4c3)ccnc21. The summed E-state index contributed by atoms with van der Waals surface area (Å²) >= 11 is 0. The van der Waals surface area contributed by atoms with Crippen molar-refractivity contribution in [2.75, 3.05) is 42.9 Å². The summed E-state index contributed by atoms with van der Waals surface area (Å²) < 4.78 is 0. The Kier molecular flexibility index (Phi) is 11.7. The Bertz CT molecular complexity index is 2690. The number of nitrogens with zero attached hydrogens (tertiary/aromatic N) is 4. The smallest absolute Gasteiger partial charge is 0.249 e. The normalized spacial score (nSPS) is 20.2. The first-order chi connectivity index (χ1) is 31.2. The lowest BCUT2D eigenvalue weighted by Gasteiger charge is -2.34. The van der Waals surface area contributed by atoms with Crippen LogP contribution in [0.5, 0.6) is 0 Å². The average molecular weight is 852 g/mol. The number of hydrogen-bond acceptors (Lipinski definition) is 8. The molecule has 3 fully saturated rings. The number of Topliss-reactive ketones (excluding diaryl/α,β-unsaturated/α-hetero) is 1. The van der Waals surface area contributed by atoms with E-state index in [-0.39, 0.29) is 29.6 Å². The highest BCUT2D eigenvalue weighted by atomic mass is 16.2. The molecular weight excluding hydrogens is 795 g/mol. The van der Waals surface area contributed by atoms with Crippen molar-refractivity contribution in [1.29, 1.82) is 0 Å². The molecule has 2 amide bonds. The van der Waals surface area contributed by atoms with Crippen molar-refractivity contribution >= 4 is 46.0 Å². The highest BCUT2D eigenvalue weighted by molar-refractivity contribution is 6.01. The van der Waals surface area contributed by atoms with E-state index in [2.05, 4.69) is 135 Å². The number of aromatic nitrogens is 3. The zero-order valence-electron chi connectivity index (χ0n) is 36.9. The van der Waals surface area contributed by atoms with E-state index in [9.17, 15) is 14.4 Å². The van der Waals surface area contributed by atoms with E-state index < -0.39 is 0 Å². The van der Waals surface area contributed by atoms with E-state index in [1.807, 2.05) is 24.5 Å². The third kappa shape index (κ3) is 8.76. The van der Waals surface area contributed by atoms with E-state index >= 15 is 0 Å². The number of imide groups is 1. The van der Waals surface area contributed by atoms with Gasteiger partial charge in [0.15, 0.2) is 5.78 Å². The van der Waals surface area contributed by atoms with Crippen LogP contribution in [0.15, 0.2) is 115 Å². The standard InChI is InChI=1S/C54H57N7O3/c1-34(36-3-5-37(6-4-36)40-22-27-61(28-23-40)46-14-12-45(13-15-46)57-50-17-18-52(63)58-54(50)64)29-51(62)41-9-7-38(8-10-41)39-20-25-60(26-21-39)33-44-31-48-47(19-24-55-53(48)35(44)2)42-11-16-49-43(30-42)32-56-59-49/h3-16,19,24,30-32,34-35,39-40,50,57H,17-18,20-23,25-29,33H2,1-2H3,(H,56,59)(H,58,63,64)/t34-,35?,50?/m1/s1. The molecule has 0 radical (unpaired) electrons. The van der Waals surface area contributed by atoms with Crippen molar-refractivity contribution in [3.05, 3.63) is 149 Å². The summed E-state index contributed by atoms with van der Waals surface area (Å²) in [7, 11) is 0. The van der Waals surface area contributed by atoms with Crippen molar-refractivity contribution in [3.8, 4) is 11.1 Å². The molecule has 0 bridgehead atoms. The van der Waals surface area contributed by atoms with Gasteiger partial charge in [0, 0.05) is 72.5 Å². The van der Waals surface area contributed by atoms with E-state index in [0.29, 0.717) is 37.0 Å². The third-order valence-electron chi connectivity index (χ3n) is 14.5. The number of aromatic amines is 1. The Morgan fingerprint density at radius 1 is 0.828 bits per heavy atom. The topological polar surface area (TPSA) is 123 Å². The van der Waals surface area contributed by atoms with Crippen LogP contribution in [-0.4, -0.2) is 76.4 Å². The number of likely N-dealkylation sites (tertiary alicyclic amines) is 1. The molecular formula is C54H57N7O3. The third-order valence-corrected chi connectivity index (χ3v) is 14.5. The van der Waals surface area contributed by atoms with Crippen LogP contribution in [0.25, 0.3) is 28.1 Å². The number of piperidine rings is 3. The fourth-order valence-corrected chi connectivity index (χ4v) is 10.5. The Morgan fingerprint density at radius 2 is 1.53 bits per heavy atom. The van der Waals surface area contributed by atoms with Crippen molar-refractivity contribution in [3.63, 3.8) is 0 Å². The minimum Gasteiger partial charge on any atom is -0.374 e. The zero-order valence-corrected chi connectivity index (χ0v) is 36.9. The quantitative estimate of drug-likeness (QED) is 0.0822. The van der Waals surface area contributed by atoms with Gasteiger partial charge in [0.25, 0.3) is 0 Å². The summed E-state index contributed by atoms with van der Waals surface area (Å²) in [5, 5.41) is 14.1. The number of rotatable bonds is 12. The maximum Gasteiger partial charge on any atom is 0.249 e. The van der Waals surface area contributed by atoms with Crippen LogP contribution in [0.4, 0.5) is 11.4 Å². The summed E-state index contributed by atoms with van der Waals surface area (Å²) in [5.41, 5.74) is 14.1. The highest BCUT2D eigenvalue weighted by Crippen LogP contribution is 2.41. The number of carbonyl (C=O) groups excluding carboxylic acids is 3. The first-order valence-electron chi connectivity index (χ1n) is 23.3. The molecule has 4 aliphatic rings. The number of fused-ring (bicyclic) bond motifs is 2. The number of ketones is 1. The molecule has 6 aromatic rings. The summed E-state index contributed by atoms with van der Waals surface area (Å²) in [5.74, 6) is 1.19. The Hall–Kier alpha value is -6.39. The Labute approximate surface area is 375 Å². The molecule has 2 aromatic heterocycles. The van der Waals surface area contributed by atoms with Crippen molar-refractivity contribution < 1.29 is 14.4 Å². The lowest BCUT2D eigenvalue weighted by atomic mass is 9.86. The van der Waals surface area contributed by atoms with E-state index in [1.165, 1.54) is 50.3 Å². The lowest BCUT2D eigenvalue weighted by Crippen LogP contribution is -2.47. The number of anilines is 2. The molecule has 3 aliphatic heterocycles. The minimum atomic E-state index is -0.382. The van der Waals surface area contributed by atoms with Gasteiger partial charge in [0.1, 0.15) is 6.04 Å². The largest absolute Gasteiger partial charge is 0.374 e. The van der Waals surface area contributed by atoms with Gasteiger partial charge in [-0.05, 0) is 139 Å². The second kappa shape index (κ2) is 18.0. The Morgan fingerprint density at radius 3 is 2.25 bits per heavy atom. The summed E-state index contributed by atoms with van der Waals surface area (Å²) in [6.45, 7) is 9.50. The van der Waals surface area contributed by atoms with Gasteiger partial charge >= 0.3 is 0 Å². The second-order valence-electron chi connectivity index (χ2n) is 18.6. The maximum atomic E-state index is 13.5. The van der Waals surface area contributed by atoms with Crippen LogP contribution >= 0.6 is 0 Å². The van der Waals surface area contributed by atoms with Crippen molar-refractivity contribution in [2.24, 2.45) is 0 Å². The fourth-order valence-electron chi connectivity index (χ4n) is 10.5. The van der Waals surface area contributed by atoms with E-state index in [1.54, 1.807) is 0 Å². The molecule has 64 heavy (non-hydrogen) atoms. The fraction of sp³-hybridized carbons (Fsp3) is 0.352. The molecule has 3 saturated heterocycles. The maximum absolute atomic E-state index is 13.5. The lowest BCUT2D eigenvalue weighted by molar-refractivity contribution is -0.133. The second-order valence-corrected chi connectivity index (χ2v) is 18.6. The van der Waals surface area contributed by atoms with E-state index in [0.717, 1.165) is 80.6 Å². The molecule has 5 heterocycles. The van der Waals surface area contributed by atoms with Crippen LogP contribution in [0.2, 0.25) is 0 Å². The minimum absolute atomic E-state index is 0.138. The van der Waals surface area contributed by atoms with Crippen LogP contribution < -0.4 is 15.5 Å². The van der Waals surface area contributed by atoms with Gasteiger partial charge in [-0.1, -0.05) is 74.5 Å². The molecule has 0 spiro atoms. The van der Waals surface area contributed by atoms with Crippen molar-refractivity contribution in [2.45, 2.75) is 88.5 Å². The number of amides is 2. The molecule has 1 aliphatic carbocycles. The number of nitrogens with one attached hydrogen (secondary N) is 3. The van der Waals surface area contributed by atoms with Gasteiger partial charge in [0.2, 0.25) is 11.8 Å². The highest BCUT2D eigenvalue weighted by Gasteiger charge is 2.30. The first kappa shape index (κ1) is 41.6. The van der Waals surface area contributed by atoms with Gasteiger partial charge in [-0.15, -0.1) is 0 Å². The number of H-pyrrole nitrogens is 1. The van der Waals surface area contributed by atoms with Gasteiger partial charge in [-0.25, -0.2) is 0 Å². The molecule has 3 atom stereocenters. The molecule has 10 rings (SSSR count). The molecule has 0 saturated carbocycles. The van der Waals surface area contributed by atoms with Crippen LogP contribution in [-0.2, 0) is 9.59 Å². The zero-order chi connectivity index (χ0) is 43.7. The summed E-state index contributed by atoms with van der Waals surface area (Å²) in [6, 6.07) is 34.0. The number of benzene rings is 4. The van der Waals surface area contributed by atoms with Gasteiger partial charge in [-0.3, -0.25) is 34.7 Å². The molecule has 326 valence electrons. The van der Waals surface area contributed by atoms with Gasteiger partial charge in [0.05, 0.1) is 17.4 Å². The molecule has 4 aromatic carbocycles. The predicted octanol–water partition coefficient (Wildman–Crippen LogP) is 9.98.